The SMILES string of the molecule is CNC(=O)c1ccnc2c(C(CNc3cc(-c4cnc(N)nc4)ncn3)SC)cccc12. The molecular weight excluding hydrogens is 424 g/mol. The number of hydrogen-bond donors (Lipinski definition) is 3. The second-order valence-corrected chi connectivity index (χ2v) is 7.95. The van der Waals surface area contributed by atoms with E-state index in [1.54, 1.807) is 43.5 Å². The lowest BCUT2D eigenvalue weighted by Gasteiger charge is -2.18. The molecule has 4 N–H and O–H groups in total. The number of nitrogens with two attached hydrogens (primary N) is 1. The number of fused-ring (bicyclic) bond motifs is 1. The van der Waals surface area contributed by atoms with Crippen molar-refractivity contribution in [3.63, 3.8) is 0 Å². The normalized spacial score (nSPS) is 11.8. The average molecular weight is 447 g/mol. The molecule has 0 aliphatic heterocycles. The molecule has 10 heteroatoms. The number of benzene rings is 1. The van der Waals surface area contributed by atoms with E-state index in [9.17, 15) is 4.79 Å². The van der Waals surface area contributed by atoms with Gasteiger partial charge in [0.1, 0.15) is 12.1 Å². The van der Waals surface area contributed by atoms with Crippen LogP contribution < -0.4 is 16.4 Å². The van der Waals surface area contributed by atoms with Crippen molar-refractivity contribution in [2.75, 3.05) is 30.9 Å². The van der Waals surface area contributed by atoms with E-state index in [2.05, 4.69) is 35.6 Å². The number of anilines is 2. The van der Waals surface area contributed by atoms with Crippen molar-refractivity contribution in [1.29, 1.82) is 0 Å². The fourth-order valence-corrected chi connectivity index (χ4v) is 4.09. The molecule has 0 fully saturated rings. The van der Waals surface area contributed by atoms with Crippen molar-refractivity contribution in [2.24, 2.45) is 0 Å². The van der Waals surface area contributed by atoms with Crippen molar-refractivity contribution in [2.45, 2.75) is 5.25 Å². The molecule has 3 aromatic heterocycles. The molecule has 1 atom stereocenters. The highest BCUT2D eigenvalue weighted by molar-refractivity contribution is 7.98. The van der Waals surface area contributed by atoms with Gasteiger partial charge in [0, 0.05) is 54.4 Å². The van der Waals surface area contributed by atoms with E-state index < -0.39 is 0 Å². The molecule has 0 aliphatic rings. The van der Waals surface area contributed by atoms with Crippen LogP contribution in [0.3, 0.4) is 0 Å². The zero-order valence-corrected chi connectivity index (χ0v) is 18.4. The third kappa shape index (κ3) is 4.45. The van der Waals surface area contributed by atoms with Gasteiger partial charge < -0.3 is 16.4 Å². The summed E-state index contributed by atoms with van der Waals surface area (Å²) in [5.41, 5.74) is 9.49. The van der Waals surface area contributed by atoms with E-state index in [-0.39, 0.29) is 17.1 Å². The number of nitrogens with zero attached hydrogens (tertiary/aromatic N) is 5. The van der Waals surface area contributed by atoms with E-state index in [0.717, 1.165) is 22.0 Å². The maximum absolute atomic E-state index is 12.3. The van der Waals surface area contributed by atoms with Crippen molar-refractivity contribution >= 4 is 40.3 Å². The third-order valence-corrected chi connectivity index (χ3v) is 6.00. The topological polar surface area (TPSA) is 132 Å². The summed E-state index contributed by atoms with van der Waals surface area (Å²) in [6.45, 7) is 0.612. The van der Waals surface area contributed by atoms with Crippen LogP contribution >= 0.6 is 11.8 Å². The molecule has 162 valence electrons. The van der Waals surface area contributed by atoms with Gasteiger partial charge in [-0.25, -0.2) is 19.9 Å². The number of pyridine rings is 1. The summed E-state index contributed by atoms with van der Waals surface area (Å²) in [5.74, 6) is 0.769. The maximum atomic E-state index is 12.3. The predicted octanol–water partition coefficient (Wildman–Crippen LogP) is 2.94. The lowest BCUT2D eigenvalue weighted by atomic mass is 10.0. The third-order valence-electron chi connectivity index (χ3n) is 5.01. The van der Waals surface area contributed by atoms with Gasteiger partial charge in [0.2, 0.25) is 5.95 Å². The lowest BCUT2D eigenvalue weighted by Crippen LogP contribution is -2.18. The van der Waals surface area contributed by atoms with Gasteiger partial charge in [-0.3, -0.25) is 9.78 Å². The number of amides is 1. The number of nitrogen functional groups attached to an aromatic ring is 1. The van der Waals surface area contributed by atoms with Crippen LogP contribution in [0.1, 0.15) is 21.2 Å². The molecule has 3 heterocycles. The standard InChI is InChI=1S/C22H22N8OS/c1-24-21(31)15-6-7-25-20-14(15)4-3-5-16(20)18(32-2)11-26-19-8-17(29-12-30-19)13-9-27-22(23)28-10-13/h3-10,12,18H,11H2,1-2H3,(H,24,31)(H2,23,27,28)(H,26,29,30). The summed E-state index contributed by atoms with van der Waals surface area (Å²) in [7, 11) is 1.62. The molecule has 1 aromatic carbocycles. The highest BCUT2D eigenvalue weighted by atomic mass is 32.2. The Morgan fingerprint density at radius 1 is 1.12 bits per heavy atom. The van der Waals surface area contributed by atoms with Crippen LogP contribution in [0, 0.1) is 0 Å². The lowest BCUT2D eigenvalue weighted by molar-refractivity contribution is 0.0964. The summed E-state index contributed by atoms with van der Waals surface area (Å²) in [5, 5.41) is 6.99. The fraction of sp³-hybridized carbons (Fsp3) is 0.182. The molecule has 0 saturated heterocycles. The number of nitrogens with one attached hydrogen (secondary N) is 2. The Morgan fingerprint density at radius 2 is 1.94 bits per heavy atom. The Labute approximate surface area is 189 Å². The van der Waals surface area contributed by atoms with E-state index in [4.69, 9.17) is 5.73 Å². The van der Waals surface area contributed by atoms with Crippen molar-refractivity contribution < 1.29 is 4.79 Å². The largest absolute Gasteiger partial charge is 0.368 e. The number of rotatable bonds is 7. The highest BCUT2D eigenvalue weighted by Crippen LogP contribution is 2.32. The first-order chi connectivity index (χ1) is 15.6. The summed E-state index contributed by atoms with van der Waals surface area (Å²) in [6, 6.07) is 9.51. The summed E-state index contributed by atoms with van der Waals surface area (Å²) in [4.78, 5) is 33.5. The van der Waals surface area contributed by atoms with Crippen LogP contribution in [0.2, 0.25) is 0 Å². The van der Waals surface area contributed by atoms with E-state index in [0.29, 0.717) is 23.6 Å². The van der Waals surface area contributed by atoms with Crippen molar-refractivity contribution in [1.82, 2.24) is 30.2 Å². The Balaban J connectivity index is 1.58. The molecule has 4 rings (SSSR count). The molecule has 1 amide bonds. The highest BCUT2D eigenvalue weighted by Gasteiger charge is 2.17. The van der Waals surface area contributed by atoms with Gasteiger partial charge in [-0.05, 0) is 17.9 Å². The summed E-state index contributed by atoms with van der Waals surface area (Å²) < 4.78 is 0. The van der Waals surface area contributed by atoms with Gasteiger partial charge in [-0.2, -0.15) is 11.8 Å². The van der Waals surface area contributed by atoms with Gasteiger partial charge in [-0.1, -0.05) is 18.2 Å². The van der Waals surface area contributed by atoms with Crippen LogP contribution in [0.4, 0.5) is 11.8 Å². The summed E-state index contributed by atoms with van der Waals surface area (Å²) in [6.07, 6.45) is 8.48. The minimum Gasteiger partial charge on any atom is -0.368 e. The van der Waals surface area contributed by atoms with Crippen LogP contribution in [-0.2, 0) is 0 Å². The molecule has 0 bridgehead atoms. The fourth-order valence-electron chi connectivity index (χ4n) is 3.39. The minimum absolute atomic E-state index is 0.0874. The minimum atomic E-state index is -0.131. The monoisotopic (exact) mass is 446 g/mol. The summed E-state index contributed by atoms with van der Waals surface area (Å²) >= 11 is 1.70. The van der Waals surface area contributed by atoms with Crippen LogP contribution in [0.5, 0.6) is 0 Å². The van der Waals surface area contributed by atoms with E-state index in [1.807, 2.05) is 30.5 Å². The van der Waals surface area contributed by atoms with Crippen LogP contribution in [0.15, 0.2) is 55.2 Å². The van der Waals surface area contributed by atoms with Gasteiger partial charge in [0.05, 0.1) is 16.8 Å². The van der Waals surface area contributed by atoms with Gasteiger partial charge in [0.25, 0.3) is 5.91 Å². The number of thioether (sulfide) groups is 1. The Hall–Kier alpha value is -3.79. The van der Waals surface area contributed by atoms with Crippen molar-refractivity contribution in [3.8, 4) is 11.3 Å². The molecular formula is C22H22N8OS. The number of carbonyl (C=O) groups is 1. The smallest absolute Gasteiger partial charge is 0.251 e. The molecule has 32 heavy (non-hydrogen) atoms. The van der Waals surface area contributed by atoms with Crippen LogP contribution in [0.25, 0.3) is 22.2 Å². The van der Waals surface area contributed by atoms with E-state index in [1.165, 1.54) is 6.33 Å². The molecule has 0 radical (unpaired) electrons. The Bertz CT molecular complexity index is 1250. The van der Waals surface area contributed by atoms with Gasteiger partial charge in [-0.15, -0.1) is 0 Å². The first-order valence-corrected chi connectivity index (χ1v) is 11.2. The molecule has 1 unspecified atom stereocenters. The quantitative estimate of drug-likeness (QED) is 0.392. The Kier molecular flexibility index (Phi) is 6.41. The maximum Gasteiger partial charge on any atom is 0.251 e. The number of aromatic nitrogens is 5. The molecule has 9 nitrogen and oxygen atoms in total. The predicted molar refractivity (Wildman–Crippen MR) is 127 cm³/mol. The number of carbonyl (C=O) groups excluding carboxylic acids is 1. The van der Waals surface area contributed by atoms with Gasteiger partial charge >= 0.3 is 0 Å². The second-order valence-electron chi connectivity index (χ2n) is 6.90. The zero-order chi connectivity index (χ0) is 22.5. The molecule has 4 aromatic rings. The number of para-hydroxylation sites is 1. The first kappa shape index (κ1) is 21.4. The van der Waals surface area contributed by atoms with E-state index >= 15 is 0 Å². The molecule has 0 aliphatic carbocycles. The first-order valence-electron chi connectivity index (χ1n) is 9.87. The molecule has 0 saturated carbocycles. The molecule has 0 spiro atoms. The van der Waals surface area contributed by atoms with Crippen LogP contribution in [-0.4, -0.2) is 50.7 Å². The Morgan fingerprint density at radius 3 is 2.69 bits per heavy atom. The number of hydrogen-bond acceptors (Lipinski definition) is 9. The van der Waals surface area contributed by atoms with Crippen molar-refractivity contribution in [3.05, 3.63) is 66.4 Å². The van der Waals surface area contributed by atoms with Gasteiger partial charge in [0.15, 0.2) is 0 Å². The zero-order valence-electron chi connectivity index (χ0n) is 17.6. The average Bonchev–Trinajstić information content (AvgIpc) is 2.84. The second kappa shape index (κ2) is 9.56.